The van der Waals surface area contributed by atoms with E-state index in [0.29, 0.717) is 6.54 Å². The Kier molecular flexibility index (Phi) is 5.76. The molecule has 0 aliphatic carbocycles. The van der Waals surface area contributed by atoms with E-state index in [0.717, 1.165) is 35.2 Å². The lowest BCUT2D eigenvalue weighted by molar-refractivity contribution is 0.763. The van der Waals surface area contributed by atoms with Gasteiger partial charge in [0, 0.05) is 6.54 Å². The summed E-state index contributed by atoms with van der Waals surface area (Å²) in [5.41, 5.74) is 9.80. The molecule has 0 aliphatic heterocycles. The molecule has 0 spiro atoms. The molecule has 6 nitrogen and oxygen atoms in total. The van der Waals surface area contributed by atoms with Gasteiger partial charge in [-0.3, -0.25) is 9.99 Å². The van der Waals surface area contributed by atoms with Gasteiger partial charge in [-0.2, -0.15) is 4.98 Å². The van der Waals surface area contributed by atoms with E-state index in [1.165, 1.54) is 10.9 Å². The molecule has 0 radical (unpaired) electrons. The Balaban J connectivity index is 1.79. The van der Waals surface area contributed by atoms with Crippen LogP contribution in [0.3, 0.4) is 0 Å². The summed E-state index contributed by atoms with van der Waals surface area (Å²) >= 11 is 0. The Morgan fingerprint density at radius 2 is 1.65 bits per heavy atom. The van der Waals surface area contributed by atoms with Crippen LogP contribution in [0.1, 0.15) is 30.5 Å². The van der Waals surface area contributed by atoms with Gasteiger partial charge in [0.2, 0.25) is 5.95 Å². The zero-order chi connectivity index (χ0) is 18.4. The summed E-state index contributed by atoms with van der Waals surface area (Å²) in [6.45, 7) is 4.76. The van der Waals surface area contributed by atoms with Gasteiger partial charge in [-0.1, -0.05) is 62.4 Å². The molecule has 2 aromatic carbocycles. The van der Waals surface area contributed by atoms with Crippen LogP contribution < -0.4 is 16.5 Å². The molecule has 0 unspecified atom stereocenters. The molecule has 2 N–H and O–H groups in total. The SMILES string of the molecule is CCc1cccc(CC)c1-n1cnc(NNCc2ccccc2)nc1=O. The summed E-state index contributed by atoms with van der Waals surface area (Å²) in [6, 6.07) is 16.1. The number of hydrogen-bond acceptors (Lipinski definition) is 5. The number of para-hydroxylation sites is 1. The van der Waals surface area contributed by atoms with Crippen molar-refractivity contribution in [1.82, 2.24) is 20.0 Å². The van der Waals surface area contributed by atoms with E-state index in [4.69, 9.17) is 0 Å². The van der Waals surface area contributed by atoms with E-state index in [1.807, 2.05) is 48.5 Å². The molecule has 26 heavy (non-hydrogen) atoms. The number of hydrazine groups is 1. The number of aromatic nitrogens is 3. The first kappa shape index (κ1) is 17.8. The molecule has 0 saturated carbocycles. The number of aryl methyl sites for hydroxylation is 2. The standard InChI is InChI=1S/C20H23N5O/c1-3-16-11-8-12-17(4-2)18(16)25-14-21-19(23-20(25)26)24-22-13-15-9-6-5-7-10-15/h5-12,14,22H,3-4,13H2,1-2H3,(H,23,24,26). The van der Waals surface area contributed by atoms with Gasteiger partial charge in [0.15, 0.2) is 0 Å². The maximum absolute atomic E-state index is 12.6. The molecule has 1 aromatic heterocycles. The van der Waals surface area contributed by atoms with Gasteiger partial charge in [-0.05, 0) is 29.5 Å². The molecular weight excluding hydrogens is 326 g/mol. The first-order valence-corrected chi connectivity index (χ1v) is 8.82. The average Bonchev–Trinajstić information content (AvgIpc) is 2.68. The highest BCUT2D eigenvalue weighted by Gasteiger charge is 2.11. The van der Waals surface area contributed by atoms with E-state index < -0.39 is 0 Å². The molecule has 3 aromatic rings. The monoisotopic (exact) mass is 349 g/mol. The lowest BCUT2D eigenvalue weighted by Crippen LogP contribution is -2.29. The van der Waals surface area contributed by atoms with Gasteiger partial charge in [0.1, 0.15) is 6.33 Å². The number of anilines is 1. The smallest absolute Gasteiger partial charge is 0.289 e. The van der Waals surface area contributed by atoms with E-state index in [9.17, 15) is 4.79 Å². The van der Waals surface area contributed by atoms with Crippen LogP contribution in [0.25, 0.3) is 5.69 Å². The van der Waals surface area contributed by atoms with Crippen molar-refractivity contribution < 1.29 is 0 Å². The summed E-state index contributed by atoms with van der Waals surface area (Å²) in [7, 11) is 0. The summed E-state index contributed by atoms with van der Waals surface area (Å²) < 4.78 is 1.53. The Morgan fingerprint density at radius 1 is 0.962 bits per heavy atom. The van der Waals surface area contributed by atoms with Crippen LogP contribution in [0.4, 0.5) is 5.95 Å². The average molecular weight is 349 g/mol. The van der Waals surface area contributed by atoms with Crippen LogP contribution in [0.5, 0.6) is 0 Å². The normalized spacial score (nSPS) is 10.7. The molecule has 0 fully saturated rings. The van der Waals surface area contributed by atoms with Crippen molar-refractivity contribution in [2.75, 3.05) is 5.43 Å². The van der Waals surface area contributed by atoms with Crippen molar-refractivity contribution in [2.45, 2.75) is 33.2 Å². The Labute approximate surface area is 152 Å². The largest absolute Gasteiger partial charge is 0.356 e. The molecule has 0 atom stereocenters. The number of benzene rings is 2. The van der Waals surface area contributed by atoms with Gasteiger partial charge in [-0.15, -0.1) is 0 Å². The summed E-state index contributed by atoms with van der Waals surface area (Å²) in [4.78, 5) is 20.9. The Hall–Kier alpha value is -2.99. The molecule has 0 aliphatic rings. The third-order valence-corrected chi connectivity index (χ3v) is 4.24. The van der Waals surface area contributed by atoms with Gasteiger partial charge >= 0.3 is 5.69 Å². The zero-order valence-electron chi connectivity index (χ0n) is 15.1. The van der Waals surface area contributed by atoms with Crippen LogP contribution in [0.15, 0.2) is 59.7 Å². The molecule has 6 heteroatoms. The number of rotatable bonds is 7. The zero-order valence-corrected chi connectivity index (χ0v) is 15.1. The first-order chi connectivity index (χ1) is 12.7. The third-order valence-electron chi connectivity index (χ3n) is 4.24. The molecule has 3 rings (SSSR count). The predicted octanol–water partition coefficient (Wildman–Crippen LogP) is 2.87. The molecule has 0 bridgehead atoms. The summed E-state index contributed by atoms with van der Waals surface area (Å²) in [5, 5.41) is 0. The van der Waals surface area contributed by atoms with Crippen molar-refractivity contribution in [2.24, 2.45) is 0 Å². The van der Waals surface area contributed by atoms with Gasteiger partial charge in [0.05, 0.1) is 5.69 Å². The Bertz CT molecular complexity index is 899. The van der Waals surface area contributed by atoms with Crippen LogP contribution in [0, 0.1) is 0 Å². The topological polar surface area (TPSA) is 71.8 Å². The minimum absolute atomic E-state index is 0.259. The minimum Gasteiger partial charge on any atom is -0.289 e. The Morgan fingerprint density at radius 3 is 2.27 bits per heavy atom. The fourth-order valence-electron chi connectivity index (χ4n) is 2.89. The maximum atomic E-state index is 12.6. The van der Waals surface area contributed by atoms with Crippen molar-refractivity contribution in [3.8, 4) is 5.69 Å². The predicted molar refractivity (Wildman–Crippen MR) is 103 cm³/mol. The minimum atomic E-state index is -0.348. The lowest BCUT2D eigenvalue weighted by Gasteiger charge is -2.15. The molecule has 0 amide bonds. The van der Waals surface area contributed by atoms with Crippen LogP contribution in [0.2, 0.25) is 0 Å². The van der Waals surface area contributed by atoms with E-state index in [1.54, 1.807) is 0 Å². The van der Waals surface area contributed by atoms with E-state index in [-0.39, 0.29) is 11.6 Å². The van der Waals surface area contributed by atoms with E-state index >= 15 is 0 Å². The van der Waals surface area contributed by atoms with Crippen molar-refractivity contribution in [3.63, 3.8) is 0 Å². The highest BCUT2D eigenvalue weighted by molar-refractivity contribution is 5.48. The second-order valence-electron chi connectivity index (χ2n) is 5.93. The van der Waals surface area contributed by atoms with Crippen molar-refractivity contribution >= 4 is 5.95 Å². The number of nitrogens with one attached hydrogen (secondary N) is 2. The second kappa shape index (κ2) is 8.40. The molecule has 0 saturated heterocycles. The van der Waals surface area contributed by atoms with E-state index in [2.05, 4.69) is 34.7 Å². The number of nitrogens with zero attached hydrogens (tertiary/aromatic N) is 3. The lowest BCUT2D eigenvalue weighted by atomic mass is 10.0. The maximum Gasteiger partial charge on any atom is 0.356 e. The first-order valence-electron chi connectivity index (χ1n) is 8.82. The van der Waals surface area contributed by atoms with Crippen molar-refractivity contribution in [1.29, 1.82) is 0 Å². The summed E-state index contributed by atoms with van der Waals surface area (Å²) in [5.74, 6) is 0.259. The molecule has 134 valence electrons. The second-order valence-corrected chi connectivity index (χ2v) is 5.93. The van der Waals surface area contributed by atoms with Gasteiger partial charge in [0.25, 0.3) is 0 Å². The highest BCUT2D eigenvalue weighted by Crippen LogP contribution is 2.19. The highest BCUT2D eigenvalue weighted by atomic mass is 16.1. The fourth-order valence-corrected chi connectivity index (χ4v) is 2.89. The molecule has 1 heterocycles. The summed E-state index contributed by atoms with van der Waals surface area (Å²) in [6.07, 6.45) is 3.22. The third kappa shape index (κ3) is 3.97. The number of hydrogen-bond donors (Lipinski definition) is 2. The van der Waals surface area contributed by atoms with Gasteiger partial charge < -0.3 is 0 Å². The van der Waals surface area contributed by atoms with Crippen molar-refractivity contribution in [3.05, 3.63) is 82.0 Å². The van der Waals surface area contributed by atoms with Crippen LogP contribution in [-0.2, 0) is 19.4 Å². The fraction of sp³-hybridized carbons (Fsp3) is 0.250. The van der Waals surface area contributed by atoms with Gasteiger partial charge in [-0.25, -0.2) is 15.2 Å². The van der Waals surface area contributed by atoms with Crippen LogP contribution in [-0.4, -0.2) is 14.5 Å². The van der Waals surface area contributed by atoms with Crippen LogP contribution >= 0.6 is 0 Å². The molecular formula is C20H23N5O. The quantitative estimate of drug-likeness (QED) is 0.642.